The Balaban J connectivity index is 1.76. The van der Waals surface area contributed by atoms with Gasteiger partial charge >= 0.3 is 0 Å². The third kappa shape index (κ3) is 1.25. The summed E-state index contributed by atoms with van der Waals surface area (Å²) in [5, 5.41) is 3.40. The van der Waals surface area contributed by atoms with Crippen molar-refractivity contribution in [1.82, 2.24) is 10.3 Å². The average Bonchev–Trinajstić information content (AvgIpc) is 2.63. The highest BCUT2D eigenvalue weighted by molar-refractivity contribution is 5.19. The van der Waals surface area contributed by atoms with Crippen molar-refractivity contribution in [2.75, 3.05) is 13.1 Å². The lowest BCUT2D eigenvalue weighted by atomic mass is 9.79. The quantitative estimate of drug-likeness (QED) is 0.728. The number of rotatable bonds is 1. The number of hydrogen-bond acceptors (Lipinski definition) is 2. The Hall–Kier alpha value is -0.890. The molecule has 0 bridgehead atoms. The molecule has 1 spiro atoms. The summed E-state index contributed by atoms with van der Waals surface area (Å²) in [6.45, 7) is 2.49. The summed E-state index contributed by atoms with van der Waals surface area (Å²) in [6, 6.07) is 4.35. The van der Waals surface area contributed by atoms with Crippen molar-refractivity contribution < 1.29 is 0 Å². The number of aromatic nitrogens is 1. The summed E-state index contributed by atoms with van der Waals surface area (Å²) in [6.07, 6.45) is 7.99. The van der Waals surface area contributed by atoms with Gasteiger partial charge in [-0.1, -0.05) is 0 Å². The minimum atomic E-state index is 0.661. The van der Waals surface area contributed by atoms with Crippen LogP contribution in [0.4, 0.5) is 0 Å². The first-order chi connectivity index (χ1) is 6.88. The van der Waals surface area contributed by atoms with Crippen LogP contribution in [0.25, 0.3) is 0 Å². The van der Waals surface area contributed by atoms with Crippen LogP contribution in [0.15, 0.2) is 24.5 Å². The molecule has 1 aromatic heterocycles. The summed E-state index contributed by atoms with van der Waals surface area (Å²) in [4.78, 5) is 4.07. The van der Waals surface area contributed by atoms with Crippen molar-refractivity contribution >= 4 is 0 Å². The molecule has 1 saturated heterocycles. The van der Waals surface area contributed by atoms with E-state index in [2.05, 4.69) is 22.4 Å². The molecule has 1 N–H and O–H groups in total. The molecule has 1 atom stereocenters. The first-order valence-corrected chi connectivity index (χ1v) is 5.49. The molecule has 2 aliphatic rings. The van der Waals surface area contributed by atoms with Crippen molar-refractivity contribution in [3.63, 3.8) is 0 Å². The first kappa shape index (κ1) is 8.42. The summed E-state index contributed by atoms with van der Waals surface area (Å²) >= 11 is 0. The molecule has 1 aromatic rings. The Bertz CT molecular complexity index is 316. The maximum absolute atomic E-state index is 4.07. The lowest BCUT2D eigenvalue weighted by molar-refractivity contribution is 0.175. The molecule has 74 valence electrons. The van der Waals surface area contributed by atoms with E-state index in [9.17, 15) is 0 Å². The maximum Gasteiger partial charge on any atom is 0.0270 e. The average molecular weight is 188 g/mol. The van der Waals surface area contributed by atoms with Crippen LogP contribution >= 0.6 is 0 Å². The van der Waals surface area contributed by atoms with Crippen molar-refractivity contribution in [2.45, 2.75) is 25.2 Å². The second-order valence-electron chi connectivity index (χ2n) is 4.82. The van der Waals surface area contributed by atoms with Gasteiger partial charge in [-0.05, 0) is 48.3 Å². The van der Waals surface area contributed by atoms with Gasteiger partial charge in [0.15, 0.2) is 0 Å². The number of pyridine rings is 1. The van der Waals surface area contributed by atoms with Crippen LogP contribution < -0.4 is 5.32 Å². The molecule has 1 aliphatic heterocycles. The van der Waals surface area contributed by atoms with Crippen LogP contribution in [-0.2, 0) is 0 Å². The highest BCUT2D eigenvalue weighted by atomic mass is 15.0. The van der Waals surface area contributed by atoms with Crippen LogP contribution in [-0.4, -0.2) is 18.1 Å². The molecule has 0 radical (unpaired) electrons. The molecule has 0 amide bonds. The Morgan fingerprint density at radius 3 is 2.64 bits per heavy atom. The van der Waals surface area contributed by atoms with E-state index in [-0.39, 0.29) is 0 Å². The summed E-state index contributed by atoms with van der Waals surface area (Å²) in [7, 11) is 0. The molecule has 2 heterocycles. The smallest absolute Gasteiger partial charge is 0.0270 e. The SMILES string of the molecule is c1cc(C2CCC3(CNC3)C2)ccn1. The van der Waals surface area contributed by atoms with Gasteiger partial charge in [-0.15, -0.1) is 0 Å². The zero-order valence-corrected chi connectivity index (χ0v) is 8.37. The fraction of sp³-hybridized carbons (Fsp3) is 0.583. The normalized spacial score (nSPS) is 29.0. The predicted octanol–water partition coefficient (Wildman–Crippen LogP) is 1.94. The van der Waals surface area contributed by atoms with Crippen molar-refractivity contribution in [3.8, 4) is 0 Å². The van der Waals surface area contributed by atoms with Gasteiger partial charge in [0, 0.05) is 25.5 Å². The zero-order chi connectivity index (χ0) is 9.43. The molecule has 2 fully saturated rings. The van der Waals surface area contributed by atoms with E-state index in [1.807, 2.05) is 12.4 Å². The van der Waals surface area contributed by atoms with Gasteiger partial charge < -0.3 is 5.32 Å². The summed E-state index contributed by atoms with van der Waals surface area (Å²) < 4.78 is 0. The number of nitrogens with zero attached hydrogens (tertiary/aromatic N) is 1. The molecule has 1 saturated carbocycles. The molecule has 2 heteroatoms. The monoisotopic (exact) mass is 188 g/mol. The maximum atomic E-state index is 4.07. The Morgan fingerprint density at radius 1 is 1.29 bits per heavy atom. The molecule has 0 aromatic carbocycles. The van der Waals surface area contributed by atoms with Gasteiger partial charge in [0.2, 0.25) is 0 Å². The van der Waals surface area contributed by atoms with E-state index in [1.54, 1.807) is 0 Å². The van der Waals surface area contributed by atoms with E-state index in [1.165, 1.54) is 37.9 Å². The Morgan fingerprint density at radius 2 is 2.07 bits per heavy atom. The molecule has 14 heavy (non-hydrogen) atoms. The molecular formula is C12H16N2. The van der Waals surface area contributed by atoms with Crippen LogP contribution in [0.2, 0.25) is 0 Å². The second-order valence-corrected chi connectivity index (χ2v) is 4.82. The zero-order valence-electron chi connectivity index (χ0n) is 8.37. The van der Waals surface area contributed by atoms with Crippen LogP contribution in [0, 0.1) is 5.41 Å². The fourth-order valence-corrected chi connectivity index (χ4v) is 2.93. The highest BCUT2D eigenvalue weighted by Gasteiger charge is 2.43. The van der Waals surface area contributed by atoms with Crippen molar-refractivity contribution in [3.05, 3.63) is 30.1 Å². The summed E-state index contributed by atoms with van der Waals surface area (Å²) in [5.74, 6) is 0.792. The topological polar surface area (TPSA) is 24.9 Å². The van der Waals surface area contributed by atoms with Crippen LogP contribution in [0.3, 0.4) is 0 Å². The van der Waals surface area contributed by atoms with E-state index in [0.29, 0.717) is 5.41 Å². The van der Waals surface area contributed by atoms with Gasteiger partial charge in [-0.25, -0.2) is 0 Å². The predicted molar refractivity (Wildman–Crippen MR) is 56.1 cm³/mol. The lowest BCUT2D eigenvalue weighted by Crippen LogP contribution is -2.51. The van der Waals surface area contributed by atoms with Gasteiger partial charge in [-0.2, -0.15) is 0 Å². The molecule has 3 rings (SSSR count). The van der Waals surface area contributed by atoms with Crippen molar-refractivity contribution in [2.24, 2.45) is 5.41 Å². The third-order valence-electron chi connectivity index (χ3n) is 3.88. The minimum absolute atomic E-state index is 0.661. The fourth-order valence-electron chi connectivity index (χ4n) is 2.93. The van der Waals surface area contributed by atoms with E-state index in [0.717, 1.165) is 5.92 Å². The molecular weight excluding hydrogens is 172 g/mol. The molecule has 2 nitrogen and oxygen atoms in total. The van der Waals surface area contributed by atoms with E-state index < -0.39 is 0 Å². The Kier molecular flexibility index (Phi) is 1.84. The lowest BCUT2D eigenvalue weighted by Gasteiger charge is -2.39. The second kappa shape index (κ2) is 3.06. The van der Waals surface area contributed by atoms with Crippen molar-refractivity contribution in [1.29, 1.82) is 0 Å². The van der Waals surface area contributed by atoms with Crippen LogP contribution in [0.5, 0.6) is 0 Å². The largest absolute Gasteiger partial charge is 0.316 e. The Labute approximate surface area is 84.7 Å². The van der Waals surface area contributed by atoms with Gasteiger partial charge in [0.25, 0.3) is 0 Å². The molecule has 1 aliphatic carbocycles. The number of hydrogen-bond donors (Lipinski definition) is 1. The first-order valence-electron chi connectivity index (χ1n) is 5.49. The molecule has 1 unspecified atom stereocenters. The highest BCUT2D eigenvalue weighted by Crippen LogP contribution is 2.48. The summed E-state index contributed by atoms with van der Waals surface area (Å²) in [5.41, 5.74) is 2.15. The third-order valence-corrected chi connectivity index (χ3v) is 3.88. The number of nitrogens with one attached hydrogen (secondary N) is 1. The van der Waals surface area contributed by atoms with Gasteiger partial charge in [-0.3, -0.25) is 4.98 Å². The van der Waals surface area contributed by atoms with E-state index in [4.69, 9.17) is 0 Å². The van der Waals surface area contributed by atoms with Crippen LogP contribution in [0.1, 0.15) is 30.7 Å². The van der Waals surface area contributed by atoms with Gasteiger partial charge in [0.05, 0.1) is 0 Å². The van der Waals surface area contributed by atoms with E-state index >= 15 is 0 Å². The standard InChI is InChI=1S/C12H16N2/c1-4-12(8-14-9-12)7-11(1)10-2-5-13-6-3-10/h2-3,5-6,11,14H,1,4,7-9H2. The van der Waals surface area contributed by atoms with Gasteiger partial charge in [0.1, 0.15) is 0 Å². The minimum Gasteiger partial charge on any atom is -0.316 e.